The fourth-order valence-corrected chi connectivity index (χ4v) is 4.38. The third-order valence-corrected chi connectivity index (χ3v) is 6.16. The van der Waals surface area contributed by atoms with E-state index in [4.69, 9.17) is 0 Å². The van der Waals surface area contributed by atoms with E-state index in [1.165, 1.54) is 23.0 Å². The second kappa shape index (κ2) is 7.11. The molecule has 160 valence electrons. The summed E-state index contributed by atoms with van der Waals surface area (Å²) in [6.45, 7) is 0. The van der Waals surface area contributed by atoms with Gasteiger partial charge in [0.15, 0.2) is 0 Å². The van der Waals surface area contributed by atoms with E-state index in [9.17, 15) is 18.0 Å². The molecule has 1 fully saturated rings. The van der Waals surface area contributed by atoms with Crippen LogP contribution in [0.1, 0.15) is 42.1 Å². The minimum atomic E-state index is -4.55. The molecule has 4 aromatic rings. The second-order valence-electron chi connectivity index (χ2n) is 8.02. The first-order chi connectivity index (χ1) is 14.8. The van der Waals surface area contributed by atoms with Gasteiger partial charge >= 0.3 is 11.9 Å². The molecule has 0 N–H and O–H groups in total. The van der Waals surface area contributed by atoms with Crippen LogP contribution in [0.2, 0.25) is 0 Å². The maximum absolute atomic E-state index is 13.4. The summed E-state index contributed by atoms with van der Waals surface area (Å²) in [5.74, 6) is 1.27. The lowest BCUT2D eigenvalue weighted by Crippen LogP contribution is -2.24. The largest absolute Gasteiger partial charge is 0.418 e. The number of hydrogen-bond acceptors (Lipinski definition) is 3. The van der Waals surface area contributed by atoms with Gasteiger partial charge in [-0.3, -0.25) is 8.97 Å². The molecule has 6 nitrogen and oxygen atoms in total. The summed E-state index contributed by atoms with van der Waals surface area (Å²) < 4.78 is 44.5. The van der Waals surface area contributed by atoms with Crippen molar-refractivity contribution in [3.8, 4) is 5.69 Å². The quantitative estimate of drug-likeness (QED) is 0.491. The van der Waals surface area contributed by atoms with Crippen LogP contribution in [-0.4, -0.2) is 23.7 Å². The molecule has 3 aromatic heterocycles. The Balaban J connectivity index is 1.64. The van der Waals surface area contributed by atoms with Crippen molar-refractivity contribution in [2.24, 2.45) is 13.0 Å². The van der Waals surface area contributed by atoms with E-state index < -0.39 is 17.4 Å². The molecular formula is C22H20F3N5O. The number of pyridine rings is 1. The van der Waals surface area contributed by atoms with E-state index in [-0.39, 0.29) is 11.4 Å². The maximum Gasteiger partial charge on any atom is 0.418 e. The number of alkyl halides is 3. The first kappa shape index (κ1) is 19.6. The number of aromatic nitrogens is 5. The number of rotatable bonds is 4. The number of fused-ring (bicyclic) bond motifs is 1. The summed E-state index contributed by atoms with van der Waals surface area (Å²) in [5.41, 5.74) is -0.0675. The third kappa shape index (κ3) is 3.24. The van der Waals surface area contributed by atoms with Crippen LogP contribution >= 0.6 is 0 Å². The van der Waals surface area contributed by atoms with Gasteiger partial charge in [0.25, 0.3) is 0 Å². The van der Waals surface area contributed by atoms with Gasteiger partial charge in [0.05, 0.1) is 16.8 Å². The molecule has 0 radical (unpaired) electrons. The van der Waals surface area contributed by atoms with Crippen LogP contribution in [0.25, 0.3) is 11.2 Å². The van der Waals surface area contributed by atoms with Crippen molar-refractivity contribution in [3.05, 3.63) is 82.6 Å². The summed E-state index contributed by atoms with van der Waals surface area (Å²) in [6, 6.07) is 9.61. The van der Waals surface area contributed by atoms with Crippen LogP contribution in [0.5, 0.6) is 0 Å². The van der Waals surface area contributed by atoms with Crippen LogP contribution in [0.15, 0.2) is 59.9 Å². The van der Waals surface area contributed by atoms with E-state index in [0.29, 0.717) is 11.6 Å². The molecule has 31 heavy (non-hydrogen) atoms. The Morgan fingerprint density at radius 1 is 1.16 bits per heavy atom. The number of nitrogens with zero attached hydrogens (tertiary/aromatic N) is 5. The van der Waals surface area contributed by atoms with E-state index in [0.717, 1.165) is 41.1 Å². The second-order valence-corrected chi connectivity index (χ2v) is 8.02. The molecule has 0 aliphatic heterocycles. The number of hydrogen-bond donors (Lipinski definition) is 0. The van der Waals surface area contributed by atoms with Gasteiger partial charge in [0.1, 0.15) is 12.2 Å². The molecule has 0 bridgehead atoms. The first-order valence-corrected chi connectivity index (χ1v) is 10.1. The van der Waals surface area contributed by atoms with Gasteiger partial charge in [0, 0.05) is 25.4 Å². The summed E-state index contributed by atoms with van der Waals surface area (Å²) in [7, 11) is 1.90. The Morgan fingerprint density at radius 3 is 2.61 bits per heavy atom. The average Bonchev–Trinajstić information content (AvgIpc) is 3.27. The molecule has 1 atom stereocenters. The monoisotopic (exact) mass is 427 g/mol. The van der Waals surface area contributed by atoms with Crippen molar-refractivity contribution in [1.82, 2.24) is 23.7 Å². The standard InChI is InChI=1S/C22H20F3N5O/c1-28-13-26-27-20(28)19(14-5-2-6-14)15-7-3-8-16(11-15)30-12-18-17(22(23,24)25)9-4-10-29(18)21(30)31/h3-4,7-14,19H,2,5-6H2,1H3/t19-/m1/s1. The van der Waals surface area contributed by atoms with Crippen molar-refractivity contribution < 1.29 is 13.2 Å². The lowest BCUT2D eigenvalue weighted by Gasteiger charge is -2.33. The Morgan fingerprint density at radius 2 is 1.97 bits per heavy atom. The smallest absolute Gasteiger partial charge is 0.320 e. The van der Waals surface area contributed by atoms with Crippen LogP contribution in [0.3, 0.4) is 0 Å². The fraction of sp³-hybridized carbons (Fsp3) is 0.318. The van der Waals surface area contributed by atoms with Gasteiger partial charge < -0.3 is 4.57 Å². The highest BCUT2D eigenvalue weighted by Gasteiger charge is 2.34. The van der Waals surface area contributed by atoms with E-state index in [2.05, 4.69) is 10.2 Å². The summed E-state index contributed by atoms with van der Waals surface area (Å²) in [5, 5.41) is 8.32. The van der Waals surface area contributed by atoms with Gasteiger partial charge in [-0.1, -0.05) is 18.6 Å². The highest BCUT2D eigenvalue weighted by Crippen LogP contribution is 2.42. The number of benzene rings is 1. The zero-order chi connectivity index (χ0) is 21.8. The predicted octanol–water partition coefficient (Wildman–Crippen LogP) is 4.17. The van der Waals surface area contributed by atoms with Crippen LogP contribution < -0.4 is 5.69 Å². The SMILES string of the molecule is Cn1cnnc1[C@@H](c1cccc(-n2cc3c(C(F)(F)F)cccn3c2=O)c1)C1CCC1. The topological polar surface area (TPSA) is 57.1 Å². The molecule has 0 spiro atoms. The lowest BCUT2D eigenvalue weighted by molar-refractivity contribution is -0.136. The van der Waals surface area contributed by atoms with Gasteiger partial charge in [-0.2, -0.15) is 13.2 Å². The highest BCUT2D eigenvalue weighted by atomic mass is 19.4. The van der Waals surface area contributed by atoms with Crippen molar-refractivity contribution in [2.45, 2.75) is 31.4 Å². The Kier molecular flexibility index (Phi) is 4.49. The lowest BCUT2D eigenvalue weighted by atomic mass is 9.72. The minimum absolute atomic E-state index is 0.0136. The summed E-state index contributed by atoms with van der Waals surface area (Å²) in [6.07, 6.45) is 3.03. The zero-order valence-corrected chi connectivity index (χ0v) is 16.8. The van der Waals surface area contributed by atoms with Crippen molar-refractivity contribution in [1.29, 1.82) is 0 Å². The van der Waals surface area contributed by atoms with E-state index in [1.807, 2.05) is 29.8 Å². The molecule has 1 aliphatic rings. The normalized spacial score (nSPS) is 15.9. The van der Waals surface area contributed by atoms with Crippen molar-refractivity contribution in [2.75, 3.05) is 0 Å². The maximum atomic E-state index is 13.4. The Bertz CT molecular complexity index is 1310. The predicted molar refractivity (Wildman–Crippen MR) is 108 cm³/mol. The first-order valence-electron chi connectivity index (χ1n) is 10.1. The summed E-state index contributed by atoms with van der Waals surface area (Å²) in [4.78, 5) is 12.9. The zero-order valence-electron chi connectivity index (χ0n) is 16.8. The van der Waals surface area contributed by atoms with Gasteiger partial charge in [-0.15, -0.1) is 10.2 Å². The fourth-order valence-electron chi connectivity index (χ4n) is 4.38. The van der Waals surface area contributed by atoms with Gasteiger partial charge in [0.2, 0.25) is 0 Å². The van der Waals surface area contributed by atoms with Gasteiger partial charge in [-0.05, 0) is 48.6 Å². The molecule has 1 aliphatic carbocycles. The molecule has 5 rings (SSSR count). The average molecular weight is 427 g/mol. The molecule has 0 unspecified atom stereocenters. The third-order valence-electron chi connectivity index (χ3n) is 6.16. The Labute approximate surface area is 175 Å². The van der Waals surface area contributed by atoms with E-state index >= 15 is 0 Å². The van der Waals surface area contributed by atoms with Crippen LogP contribution in [0.4, 0.5) is 13.2 Å². The molecule has 1 aromatic carbocycles. The Hall–Kier alpha value is -3.36. The van der Waals surface area contributed by atoms with E-state index in [1.54, 1.807) is 12.4 Å². The number of aryl methyl sites for hydroxylation is 1. The molecule has 0 amide bonds. The number of imidazole rings is 1. The molecular weight excluding hydrogens is 407 g/mol. The van der Waals surface area contributed by atoms with Crippen molar-refractivity contribution >= 4 is 5.52 Å². The van der Waals surface area contributed by atoms with Crippen molar-refractivity contribution in [3.63, 3.8) is 0 Å². The molecule has 9 heteroatoms. The van der Waals surface area contributed by atoms with Crippen LogP contribution in [-0.2, 0) is 13.2 Å². The van der Waals surface area contributed by atoms with Gasteiger partial charge in [-0.25, -0.2) is 4.79 Å². The summed E-state index contributed by atoms with van der Waals surface area (Å²) >= 11 is 0. The number of halogens is 3. The minimum Gasteiger partial charge on any atom is -0.320 e. The molecule has 0 saturated heterocycles. The molecule has 3 heterocycles. The van der Waals surface area contributed by atoms with Crippen LogP contribution in [0, 0.1) is 5.92 Å². The highest BCUT2D eigenvalue weighted by molar-refractivity contribution is 5.56. The molecule has 1 saturated carbocycles.